The van der Waals surface area contributed by atoms with Gasteiger partial charge in [-0.15, -0.1) is 0 Å². The van der Waals surface area contributed by atoms with Crippen LogP contribution in [0.25, 0.3) is 11.2 Å². The van der Waals surface area contributed by atoms with E-state index in [1.54, 1.807) is 0 Å². The molecule has 130 heavy (non-hydrogen) atoms. The minimum atomic E-state index is -2.32. The summed E-state index contributed by atoms with van der Waals surface area (Å²) in [7, 11) is 0. The Morgan fingerprint density at radius 3 is 1.13 bits per heavy atom. The number of carboxylic acid groups (broad SMARTS) is 5. The maximum absolute atomic E-state index is 14.8. The topological polar surface area (TPSA) is 975 Å². The Morgan fingerprint density at radius 2 is 0.746 bits per heavy atom. The van der Waals surface area contributed by atoms with Crippen molar-refractivity contribution < 1.29 is 184 Å². The lowest BCUT2D eigenvalue weighted by Gasteiger charge is -2.27. The molecule has 0 aliphatic carbocycles. The number of carbonyl (C=O) groups is 17. The second kappa shape index (κ2) is 56.2. The van der Waals surface area contributed by atoms with Gasteiger partial charge in [-0.25, -0.2) is 19.6 Å². The number of aliphatic carboxylic acids is 5. The first-order valence-corrected chi connectivity index (χ1v) is 40.0. The van der Waals surface area contributed by atoms with Crippen LogP contribution in [0.4, 0.5) is 11.6 Å². The molecule has 0 aliphatic heterocycles. The highest BCUT2D eigenvalue weighted by Gasteiger charge is 2.39. The standard InChI is InChI=1S/C72H109N19O38S/c73-31(62(118)88-38(17-52(109)110)68(124)89-39(27-130)71(128)129)20-80-63(119)32(5-11-46(101)76-21-40(95)54(111)57(114)43(98)24-92)83-66(122)35(9-15-50(105)106)86-65(121)34(7-13-48(103)78-23-42(97)56(113)59(116)45(100)26-94)84-67(123)36(10-16-51(107)108)85-64(120)33(6-12-47(102)77-22-41(96)55(112)58(115)44(99)25-93)82-49(104)14-8-37(70(126)127)87-61(117)28-1-3-29(4-2-28)75-18-30-19-79-60-53(81-30)69(125)91-72(74)90-60/h1-4,19,31-45,54-59,75,92-100,111-116,130H,5-18,20-27,73H2,(H,76,101)(H,77,102)(H,78,103)(H,80,119)(H,82,104)(H,83,122)(H,84,123)(H,85,120)(H,86,121)(H,87,117)(H,88,118)(H,89,124)(H,105,106)(H,107,108)(H,109,110)(H,126,127)(H,128,129)(H3,74,79,90,91,125)/t31-,32-,33-,34-,35-,36-,37+,38-,39-,40-,41-,42-,43+,44+,45+,54+,55+,56+,57+,58+,59+/m0/s1. The fourth-order valence-corrected chi connectivity index (χ4v) is 11.6. The summed E-state index contributed by atoms with van der Waals surface area (Å²) in [5.74, 6) is -25.5. The summed E-state index contributed by atoms with van der Waals surface area (Å²) in [5.41, 5.74) is 11.2. The van der Waals surface area contributed by atoms with Crippen molar-refractivity contribution in [2.24, 2.45) is 5.73 Å². The number of fused-ring (bicyclic) bond motifs is 1. The molecule has 38 N–H and O–H groups in total. The molecule has 726 valence electrons. The van der Waals surface area contributed by atoms with E-state index >= 15 is 0 Å². The van der Waals surface area contributed by atoms with Gasteiger partial charge in [0.05, 0.1) is 63.0 Å². The molecule has 0 spiro atoms. The predicted octanol–water partition coefficient (Wildman–Crippen LogP) is -17.1. The van der Waals surface area contributed by atoms with Gasteiger partial charge in [0, 0.05) is 81.7 Å². The van der Waals surface area contributed by atoms with Crippen molar-refractivity contribution in [3.05, 3.63) is 52.1 Å². The number of nitrogen functional groups attached to an aromatic ring is 1. The molecule has 0 bridgehead atoms. The van der Waals surface area contributed by atoms with Gasteiger partial charge in [0.2, 0.25) is 70.9 Å². The van der Waals surface area contributed by atoms with Gasteiger partial charge in [-0.2, -0.15) is 17.6 Å². The van der Waals surface area contributed by atoms with Crippen LogP contribution in [-0.4, -0.2) is 402 Å². The third-order valence-electron chi connectivity index (χ3n) is 19.0. The molecule has 0 saturated carbocycles. The Morgan fingerprint density at radius 1 is 0.392 bits per heavy atom. The Balaban J connectivity index is 2.12. The lowest BCUT2D eigenvalue weighted by Crippen LogP contribution is -2.60. The highest BCUT2D eigenvalue weighted by atomic mass is 32.1. The van der Waals surface area contributed by atoms with E-state index in [1.807, 2.05) is 10.6 Å². The molecular weight excluding hydrogens is 1770 g/mol. The van der Waals surface area contributed by atoms with Crippen molar-refractivity contribution in [3.63, 3.8) is 0 Å². The number of benzene rings is 1. The number of aromatic amines is 1. The van der Waals surface area contributed by atoms with Crippen molar-refractivity contribution in [2.45, 2.75) is 218 Å². The quantitative estimate of drug-likeness (QED) is 0.0233. The van der Waals surface area contributed by atoms with Gasteiger partial charge < -0.3 is 188 Å². The van der Waals surface area contributed by atoms with E-state index in [0.29, 0.717) is 5.69 Å². The largest absolute Gasteiger partial charge is 0.481 e. The predicted molar refractivity (Wildman–Crippen MR) is 436 cm³/mol. The van der Waals surface area contributed by atoms with E-state index in [4.69, 9.17) is 11.5 Å². The van der Waals surface area contributed by atoms with Crippen LogP contribution < -0.4 is 86.1 Å². The second-order valence-electron chi connectivity index (χ2n) is 29.1. The van der Waals surface area contributed by atoms with E-state index < -0.39 is 369 Å². The third kappa shape index (κ3) is 39.0. The number of aliphatic hydroxyl groups excluding tert-OH is 15. The molecular formula is C72H109N19O38S. The van der Waals surface area contributed by atoms with Gasteiger partial charge >= 0.3 is 35.4 Å². The summed E-state index contributed by atoms with van der Waals surface area (Å²) in [5, 5.41) is 227. The van der Waals surface area contributed by atoms with Crippen LogP contribution in [-0.2, 0) is 83.3 Å². The van der Waals surface area contributed by atoms with E-state index in [1.165, 1.54) is 30.5 Å². The van der Waals surface area contributed by atoms with E-state index in [9.17, 15) is 188 Å². The Labute approximate surface area is 739 Å². The average Bonchev–Trinajstić information content (AvgIpc) is 0.806. The Bertz CT molecular complexity index is 4410. The molecule has 3 aromatic rings. The molecule has 21 atom stereocenters. The number of nitrogens with two attached hydrogens (primary N) is 2. The maximum Gasteiger partial charge on any atom is 0.327 e. The molecule has 0 unspecified atom stereocenters. The zero-order chi connectivity index (χ0) is 98.1. The molecule has 0 saturated heterocycles. The molecule has 0 aliphatic rings. The van der Waals surface area contributed by atoms with Crippen LogP contribution in [0, 0.1) is 0 Å². The highest BCUT2D eigenvalue weighted by Crippen LogP contribution is 2.17. The molecule has 12 amide bonds. The Hall–Kier alpha value is -12.3. The molecule has 3 rings (SSSR count). The number of carbonyl (C=O) groups excluding carboxylic acids is 12. The van der Waals surface area contributed by atoms with Gasteiger partial charge in [-0.3, -0.25) is 76.7 Å². The van der Waals surface area contributed by atoms with Crippen LogP contribution in [0.15, 0.2) is 35.3 Å². The smallest absolute Gasteiger partial charge is 0.327 e. The van der Waals surface area contributed by atoms with E-state index in [0.717, 1.165) is 0 Å². The number of nitrogens with zero attached hydrogens (tertiary/aromatic N) is 3. The number of aromatic nitrogens is 4. The van der Waals surface area contributed by atoms with Crippen molar-refractivity contribution in [2.75, 3.05) is 62.8 Å². The molecule has 1 aromatic carbocycles. The summed E-state index contributed by atoms with van der Waals surface area (Å²) in [6.45, 7) is -7.27. The van der Waals surface area contributed by atoms with Crippen molar-refractivity contribution in [3.8, 4) is 0 Å². The first-order chi connectivity index (χ1) is 61.1. The fourth-order valence-electron chi connectivity index (χ4n) is 11.4. The first kappa shape index (κ1) is 112. The minimum Gasteiger partial charge on any atom is -0.481 e. The zero-order valence-electron chi connectivity index (χ0n) is 68.8. The summed E-state index contributed by atoms with van der Waals surface area (Å²) in [4.78, 5) is 254. The second-order valence-corrected chi connectivity index (χ2v) is 29.4. The molecule has 2 heterocycles. The van der Waals surface area contributed by atoms with Crippen LogP contribution in [0.2, 0.25) is 0 Å². The van der Waals surface area contributed by atoms with Crippen molar-refractivity contribution in [1.82, 2.24) is 83.7 Å². The average molecular weight is 1880 g/mol. The van der Waals surface area contributed by atoms with Crippen LogP contribution in [0.5, 0.6) is 0 Å². The summed E-state index contributed by atoms with van der Waals surface area (Å²) < 4.78 is 0. The lowest BCUT2D eigenvalue weighted by atomic mass is 10.0. The number of rotatable bonds is 62. The number of amides is 12. The Kier molecular flexibility index (Phi) is 48.4. The lowest BCUT2D eigenvalue weighted by molar-refractivity contribution is -0.143. The summed E-state index contributed by atoms with van der Waals surface area (Å²) >= 11 is 3.79. The monoisotopic (exact) mass is 1880 g/mol. The van der Waals surface area contributed by atoms with E-state index in [-0.39, 0.29) is 34.9 Å². The SMILES string of the molecule is Nc1nc(=O)c2nc(CNc3ccc(C(=O)N[C@H](CCC(=O)N[C@@H](CCC(=O)NC[C@H](O)[C@@H](O)[C@H](O)[C@H](O)CO)C(=O)N[C@@H](CCC(=O)O)C(=O)N[C@@H](CCC(=O)NC[C@H](O)[C@@H](O)[C@H](O)[C@H](O)CO)C(=O)N[C@@H](CCC(=O)O)C(=O)N[C@@H](CCC(=O)NC[C@H](O)[C@@H](O)[C@H](O)[C@H](O)CO)C(=O)NC[C@H](N)C(=O)N[C@@H](CC(=O)O)C(=O)N[C@@H](CS)C(=O)O)C(=O)O)cc3)cnc2[nH]1. The van der Waals surface area contributed by atoms with Gasteiger partial charge in [0.15, 0.2) is 11.2 Å². The van der Waals surface area contributed by atoms with Gasteiger partial charge in [-0.05, 0) is 62.8 Å². The maximum atomic E-state index is 14.8. The molecule has 0 fully saturated rings. The third-order valence-corrected chi connectivity index (χ3v) is 19.3. The normalized spacial score (nSPS) is 16.2. The number of aliphatic hydroxyl groups is 15. The number of nitrogens with one attached hydrogen (secondary N) is 14. The van der Waals surface area contributed by atoms with Crippen molar-refractivity contribution in [1.29, 1.82) is 0 Å². The number of carboxylic acids is 5. The van der Waals surface area contributed by atoms with Gasteiger partial charge in [-0.1, -0.05) is 0 Å². The number of hydrogen-bond acceptors (Lipinski definition) is 40. The summed E-state index contributed by atoms with van der Waals surface area (Å²) in [6.07, 6.45) is -37.2. The van der Waals surface area contributed by atoms with Crippen LogP contribution in [0.1, 0.15) is 99.5 Å². The number of thiol groups is 1. The van der Waals surface area contributed by atoms with Crippen LogP contribution in [0.3, 0.4) is 0 Å². The van der Waals surface area contributed by atoms with Gasteiger partial charge in [0.1, 0.15) is 109 Å². The number of H-pyrrole nitrogens is 1. The molecule has 0 radical (unpaired) electrons. The minimum absolute atomic E-state index is 0.0162. The summed E-state index contributed by atoms with van der Waals surface area (Å²) in [6, 6.07) is -13.4. The number of anilines is 2. The van der Waals surface area contributed by atoms with Gasteiger partial charge in [0.25, 0.3) is 5.91 Å². The van der Waals surface area contributed by atoms with E-state index in [2.05, 4.69) is 91.0 Å². The fraction of sp³-hybridized carbons (Fsp3) is 0.597. The highest BCUT2D eigenvalue weighted by molar-refractivity contribution is 7.80. The number of hydrogen-bond donors (Lipinski definition) is 37. The molecule has 2 aromatic heterocycles. The zero-order valence-corrected chi connectivity index (χ0v) is 69.7. The van der Waals surface area contributed by atoms with Crippen molar-refractivity contribution >= 4 is 136 Å². The first-order valence-electron chi connectivity index (χ1n) is 39.4. The molecule has 57 nitrogen and oxygen atoms in total. The molecule has 58 heteroatoms. The van der Waals surface area contributed by atoms with Crippen LogP contribution >= 0.6 is 12.6 Å².